The van der Waals surface area contributed by atoms with Gasteiger partial charge in [0.1, 0.15) is 5.82 Å². The molecule has 0 radical (unpaired) electrons. The van der Waals surface area contributed by atoms with Crippen molar-refractivity contribution in [2.75, 3.05) is 0 Å². The maximum atomic E-state index is 8.49. The Kier molecular flexibility index (Phi) is 2.66. The van der Waals surface area contributed by atoms with Crippen molar-refractivity contribution in [3.63, 3.8) is 0 Å². The van der Waals surface area contributed by atoms with Crippen molar-refractivity contribution in [1.29, 1.82) is 5.26 Å². The molecule has 2 aromatic rings. The highest BCUT2D eigenvalue weighted by Gasteiger charge is 2.04. The van der Waals surface area contributed by atoms with Gasteiger partial charge in [0.25, 0.3) is 0 Å². The second kappa shape index (κ2) is 3.95. The van der Waals surface area contributed by atoms with Crippen LogP contribution in [0, 0.1) is 11.3 Å². The summed E-state index contributed by atoms with van der Waals surface area (Å²) in [6, 6.07) is 4.08. The van der Waals surface area contributed by atoms with Crippen LogP contribution in [-0.4, -0.2) is 9.97 Å². The lowest BCUT2D eigenvalue weighted by Crippen LogP contribution is -1.82. The molecule has 0 saturated carbocycles. The molecule has 1 N–H and O–H groups in total. The maximum absolute atomic E-state index is 8.49. The number of hydrogen-bond acceptors (Lipinski definition) is 3. The lowest BCUT2D eigenvalue weighted by atomic mass is 10.4. The summed E-state index contributed by atoms with van der Waals surface area (Å²) in [6.45, 7) is 0. The lowest BCUT2D eigenvalue weighted by Gasteiger charge is -1.88. The number of aromatic nitrogens is 2. The first-order valence-corrected chi connectivity index (χ1v) is 5.62. The third kappa shape index (κ3) is 1.86. The Morgan fingerprint density at radius 3 is 3.14 bits per heavy atom. The molecule has 0 unspecified atom stereocenters. The molecule has 2 rings (SSSR count). The van der Waals surface area contributed by atoms with Crippen LogP contribution in [0.4, 0.5) is 0 Å². The van der Waals surface area contributed by atoms with Crippen molar-refractivity contribution in [3.8, 4) is 16.6 Å². The Bertz CT molecular complexity index is 480. The number of halogens is 1. The van der Waals surface area contributed by atoms with Crippen LogP contribution >= 0.6 is 27.3 Å². The highest BCUT2D eigenvalue weighted by Crippen LogP contribution is 2.28. The van der Waals surface area contributed by atoms with E-state index in [1.54, 1.807) is 17.5 Å². The average Bonchev–Trinajstić information content (AvgIpc) is 2.74. The topological polar surface area (TPSA) is 52.5 Å². The van der Waals surface area contributed by atoms with Gasteiger partial charge in [-0.05, 0) is 22.0 Å². The van der Waals surface area contributed by atoms with Crippen molar-refractivity contribution < 1.29 is 0 Å². The smallest absolute Gasteiger partial charge is 0.120 e. The number of nitrogens with one attached hydrogen (secondary N) is 1. The third-order valence-electron chi connectivity index (χ3n) is 1.71. The van der Waals surface area contributed by atoms with Gasteiger partial charge in [0.05, 0.1) is 29.3 Å². The summed E-state index contributed by atoms with van der Waals surface area (Å²) in [7, 11) is 0. The summed E-state index contributed by atoms with van der Waals surface area (Å²) >= 11 is 5.02. The molecule has 0 atom stereocenters. The molecular weight excluding hydrogens is 262 g/mol. The van der Waals surface area contributed by atoms with Crippen molar-refractivity contribution in [1.82, 2.24) is 9.97 Å². The van der Waals surface area contributed by atoms with Gasteiger partial charge in [0.2, 0.25) is 0 Å². The Morgan fingerprint density at radius 1 is 1.64 bits per heavy atom. The second-order valence-corrected chi connectivity index (χ2v) is 4.53. The fourth-order valence-electron chi connectivity index (χ4n) is 1.11. The Balaban J connectivity index is 2.30. The van der Waals surface area contributed by atoms with Crippen LogP contribution in [0.5, 0.6) is 0 Å². The molecule has 0 aliphatic carbocycles. The second-order valence-electron chi connectivity index (χ2n) is 2.71. The number of thiophene rings is 1. The highest BCUT2D eigenvalue weighted by atomic mass is 79.9. The SMILES string of the molecule is N#CCc1ncc(-c2cc(Br)cs2)[nH]1. The molecule has 0 aliphatic rings. The predicted molar refractivity (Wildman–Crippen MR) is 58.9 cm³/mol. The number of imidazole rings is 1. The van der Waals surface area contributed by atoms with Crippen molar-refractivity contribution in [3.05, 3.63) is 27.9 Å². The molecule has 3 nitrogen and oxygen atoms in total. The van der Waals surface area contributed by atoms with E-state index in [0.29, 0.717) is 12.2 Å². The minimum Gasteiger partial charge on any atom is -0.340 e. The fraction of sp³-hybridized carbons (Fsp3) is 0.111. The van der Waals surface area contributed by atoms with Gasteiger partial charge in [0, 0.05) is 9.85 Å². The van der Waals surface area contributed by atoms with E-state index in [4.69, 9.17) is 5.26 Å². The summed E-state index contributed by atoms with van der Waals surface area (Å²) in [5.74, 6) is 0.715. The summed E-state index contributed by atoms with van der Waals surface area (Å²) in [5.41, 5.74) is 0.964. The van der Waals surface area contributed by atoms with Crippen LogP contribution in [0.1, 0.15) is 5.82 Å². The van der Waals surface area contributed by atoms with Crippen LogP contribution in [0.25, 0.3) is 10.6 Å². The van der Waals surface area contributed by atoms with E-state index in [2.05, 4.69) is 32.0 Å². The first-order valence-electron chi connectivity index (χ1n) is 3.95. The predicted octanol–water partition coefficient (Wildman–Crippen LogP) is 2.97. The zero-order valence-corrected chi connectivity index (χ0v) is 9.52. The van der Waals surface area contributed by atoms with E-state index in [1.165, 1.54) is 0 Å². The van der Waals surface area contributed by atoms with Crippen molar-refractivity contribution >= 4 is 27.3 Å². The van der Waals surface area contributed by atoms with E-state index in [9.17, 15) is 0 Å². The van der Waals surface area contributed by atoms with E-state index >= 15 is 0 Å². The van der Waals surface area contributed by atoms with Crippen LogP contribution in [-0.2, 0) is 6.42 Å². The van der Waals surface area contributed by atoms with Gasteiger partial charge in [-0.2, -0.15) is 5.26 Å². The summed E-state index contributed by atoms with van der Waals surface area (Å²) in [4.78, 5) is 8.32. The molecule has 70 valence electrons. The molecule has 0 aromatic carbocycles. The fourth-order valence-corrected chi connectivity index (χ4v) is 2.50. The van der Waals surface area contributed by atoms with E-state index in [0.717, 1.165) is 15.0 Å². The van der Waals surface area contributed by atoms with Crippen LogP contribution in [0.2, 0.25) is 0 Å². The van der Waals surface area contributed by atoms with Gasteiger partial charge in [-0.1, -0.05) is 0 Å². The van der Waals surface area contributed by atoms with Gasteiger partial charge in [-0.3, -0.25) is 0 Å². The van der Waals surface area contributed by atoms with Crippen LogP contribution in [0.3, 0.4) is 0 Å². The quantitative estimate of drug-likeness (QED) is 0.910. The molecule has 5 heteroatoms. The molecule has 0 saturated heterocycles. The largest absolute Gasteiger partial charge is 0.340 e. The molecular formula is C9H6BrN3S. The lowest BCUT2D eigenvalue weighted by molar-refractivity contribution is 1.07. The molecule has 0 spiro atoms. The number of aromatic amines is 1. The van der Waals surface area contributed by atoms with Gasteiger partial charge in [0.15, 0.2) is 0 Å². The zero-order chi connectivity index (χ0) is 9.97. The summed E-state index contributed by atoms with van der Waals surface area (Å²) in [5, 5.41) is 10.5. The van der Waals surface area contributed by atoms with Crippen molar-refractivity contribution in [2.24, 2.45) is 0 Å². The molecule has 0 amide bonds. The first-order chi connectivity index (χ1) is 6.79. The van der Waals surface area contributed by atoms with Crippen molar-refractivity contribution in [2.45, 2.75) is 6.42 Å². The minimum atomic E-state index is 0.326. The highest BCUT2D eigenvalue weighted by molar-refractivity contribution is 9.10. The van der Waals surface area contributed by atoms with Crippen LogP contribution < -0.4 is 0 Å². The Hall–Kier alpha value is -1.12. The standard InChI is InChI=1S/C9H6BrN3S/c10-6-3-8(14-5-6)7-4-12-9(13-7)1-2-11/h3-5H,1H2,(H,12,13). The monoisotopic (exact) mass is 267 g/mol. The van der Waals surface area contributed by atoms with Gasteiger partial charge >= 0.3 is 0 Å². The number of nitrogens with zero attached hydrogens (tertiary/aromatic N) is 2. The van der Waals surface area contributed by atoms with Gasteiger partial charge in [-0.25, -0.2) is 4.98 Å². The third-order valence-corrected chi connectivity index (χ3v) is 3.43. The minimum absolute atomic E-state index is 0.326. The van der Waals surface area contributed by atoms with E-state index in [1.807, 2.05) is 11.4 Å². The molecule has 0 bridgehead atoms. The van der Waals surface area contributed by atoms with Crippen LogP contribution in [0.15, 0.2) is 22.1 Å². The first kappa shape index (κ1) is 9.44. The summed E-state index contributed by atoms with van der Waals surface area (Å²) in [6.07, 6.45) is 2.08. The average molecular weight is 268 g/mol. The number of hydrogen-bond donors (Lipinski definition) is 1. The molecule has 2 heterocycles. The summed E-state index contributed by atoms with van der Waals surface area (Å²) < 4.78 is 1.06. The number of nitriles is 1. The van der Waals surface area contributed by atoms with E-state index in [-0.39, 0.29) is 0 Å². The Morgan fingerprint density at radius 2 is 2.50 bits per heavy atom. The molecule has 0 aliphatic heterocycles. The molecule has 0 fully saturated rings. The normalized spacial score (nSPS) is 10.0. The van der Waals surface area contributed by atoms with Gasteiger partial charge < -0.3 is 4.98 Å². The maximum Gasteiger partial charge on any atom is 0.120 e. The van der Waals surface area contributed by atoms with Gasteiger partial charge in [-0.15, -0.1) is 11.3 Å². The number of H-pyrrole nitrogens is 1. The Labute approximate surface area is 93.5 Å². The molecule has 2 aromatic heterocycles. The number of rotatable bonds is 2. The van der Waals surface area contributed by atoms with E-state index < -0.39 is 0 Å². The zero-order valence-electron chi connectivity index (χ0n) is 7.12. The molecule has 14 heavy (non-hydrogen) atoms.